The fourth-order valence-electron chi connectivity index (χ4n) is 3.35. The minimum atomic E-state index is -0.865. The summed E-state index contributed by atoms with van der Waals surface area (Å²) in [6.07, 6.45) is 1.35. The number of hydrogen-bond acceptors (Lipinski definition) is 5. The quantitative estimate of drug-likeness (QED) is 0.396. The lowest BCUT2D eigenvalue weighted by Gasteiger charge is -2.26. The summed E-state index contributed by atoms with van der Waals surface area (Å²) >= 11 is 5.98. The molecule has 0 spiro atoms. The Morgan fingerprint density at radius 3 is 2.51 bits per heavy atom. The topological polar surface area (TPSA) is 105 Å². The number of imide groups is 2. The van der Waals surface area contributed by atoms with E-state index in [1.807, 2.05) is 19.1 Å². The molecule has 5 amide bonds. The summed E-state index contributed by atoms with van der Waals surface area (Å²) in [6.45, 7) is 1.72. The molecule has 35 heavy (non-hydrogen) atoms. The largest absolute Gasteiger partial charge is 0.484 e. The summed E-state index contributed by atoms with van der Waals surface area (Å²) in [7, 11) is 0. The molecule has 176 valence electrons. The number of urea groups is 1. The van der Waals surface area contributed by atoms with Crippen LogP contribution in [-0.2, 0) is 14.4 Å². The van der Waals surface area contributed by atoms with Crippen molar-refractivity contribution in [2.75, 3.05) is 16.8 Å². The summed E-state index contributed by atoms with van der Waals surface area (Å²) in [5.74, 6) is -1.58. The Morgan fingerprint density at radius 2 is 1.77 bits per heavy atom. The van der Waals surface area contributed by atoms with Crippen molar-refractivity contribution in [2.24, 2.45) is 0 Å². The summed E-state index contributed by atoms with van der Waals surface area (Å²) in [4.78, 5) is 50.8. The predicted molar refractivity (Wildman–Crippen MR) is 132 cm³/mol. The zero-order chi connectivity index (χ0) is 24.9. The van der Waals surface area contributed by atoms with E-state index in [2.05, 4.69) is 10.6 Å². The monoisotopic (exact) mass is 489 g/mol. The van der Waals surface area contributed by atoms with Gasteiger partial charge in [-0.05, 0) is 61.0 Å². The summed E-state index contributed by atoms with van der Waals surface area (Å²) in [6, 6.07) is 19.2. The van der Waals surface area contributed by atoms with Gasteiger partial charge in [-0.2, -0.15) is 0 Å². The van der Waals surface area contributed by atoms with Crippen molar-refractivity contribution >= 4 is 52.8 Å². The molecule has 1 saturated heterocycles. The number of barbiturate groups is 1. The van der Waals surface area contributed by atoms with Crippen LogP contribution < -0.4 is 20.3 Å². The highest BCUT2D eigenvalue weighted by molar-refractivity contribution is 6.39. The van der Waals surface area contributed by atoms with Crippen LogP contribution in [0.3, 0.4) is 0 Å². The van der Waals surface area contributed by atoms with Crippen molar-refractivity contribution in [2.45, 2.75) is 6.92 Å². The van der Waals surface area contributed by atoms with E-state index in [4.69, 9.17) is 16.3 Å². The van der Waals surface area contributed by atoms with Gasteiger partial charge in [-0.25, -0.2) is 9.69 Å². The molecule has 8 nitrogen and oxygen atoms in total. The van der Waals surface area contributed by atoms with Crippen molar-refractivity contribution in [3.63, 3.8) is 0 Å². The average molecular weight is 490 g/mol. The molecular formula is C26H20ClN3O5. The van der Waals surface area contributed by atoms with E-state index in [9.17, 15) is 19.2 Å². The number of rotatable bonds is 6. The van der Waals surface area contributed by atoms with E-state index in [1.165, 1.54) is 18.2 Å². The maximum atomic E-state index is 13.0. The first-order valence-electron chi connectivity index (χ1n) is 10.6. The Labute approximate surface area is 206 Å². The molecule has 9 heteroatoms. The molecule has 0 aromatic heterocycles. The second-order valence-corrected chi connectivity index (χ2v) is 8.15. The molecule has 0 unspecified atom stereocenters. The molecule has 3 aromatic rings. The number of hydrogen-bond donors (Lipinski definition) is 2. The molecule has 0 bridgehead atoms. The zero-order valence-electron chi connectivity index (χ0n) is 18.6. The van der Waals surface area contributed by atoms with Crippen molar-refractivity contribution in [3.05, 3.63) is 94.5 Å². The van der Waals surface area contributed by atoms with Gasteiger partial charge in [-0.15, -0.1) is 0 Å². The van der Waals surface area contributed by atoms with Crippen LogP contribution in [0, 0.1) is 6.92 Å². The van der Waals surface area contributed by atoms with E-state index in [-0.39, 0.29) is 23.8 Å². The van der Waals surface area contributed by atoms with E-state index >= 15 is 0 Å². The number of carbonyl (C=O) groups is 4. The summed E-state index contributed by atoms with van der Waals surface area (Å²) in [5.41, 5.74) is 2.20. The van der Waals surface area contributed by atoms with Gasteiger partial charge in [0.1, 0.15) is 11.3 Å². The van der Waals surface area contributed by atoms with Crippen molar-refractivity contribution < 1.29 is 23.9 Å². The second kappa shape index (κ2) is 10.2. The predicted octanol–water partition coefficient (Wildman–Crippen LogP) is 4.33. The number of anilines is 2. The smallest absolute Gasteiger partial charge is 0.335 e. The van der Waals surface area contributed by atoms with E-state index in [1.54, 1.807) is 48.5 Å². The first-order valence-corrected chi connectivity index (χ1v) is 10.9. The van der Waals surface area contributed by atoms with Crippen LogP contribution >= 0.6 is 11.6 Å². The normalized spacial score (nSPS) is 14.6. The molecule has 4 rings (SSSR count). The lowest BCUT2D eigenvalue weighted by atomic mass is 10.1. The molecule has 0 atom stereocenters. The van der Waals surface area contributed by atoms with E-state index in [0.29, 0.717) is 22.0 Å². The van der Waals surface area contributed by atoms with Gasteiger partial charge < -0.3 is 10.1 Å². The highest BCUT2D eigenvalue weighted by Crippen LogP contribution is 2.25. The Kier molecular flexibility index (Phi) is 6.93. The van der Waals surface area contributed by atoms with Crippen molar-refractivity contribution in [1.29, 1.82) is 0 Å². The number of carbonyl (C=O) groups excluding carboxylic acids is 4. The van der Waals surface area contributed by atoms with Gasteiger partial charge in [0.25, 0.3) is 17.7 Å². The molecular weight excluding hydrogens is 470 g/mol. The zero-order valence-corrected chi connectivity index (χ0v) is 19.3. The van der Waals surface area contributed by atoms with Crippen LogP contribution in [0.15, 0.2) is 78.4 Å². The first-order chi connectivity index (χ1) is 16.8. The fourth-order valence-corrected chi connectivity index (χ4v) is 3.54. The van der Waals surface area contributed by atoms with Gasteiger partial charge >= 0.3 is 6.03 Å². The van der Waals surface area contributed by atoms with Gasteiger partial charge in [0, 0.05) is 10.7 Å². The van der Waals surface area contributed by atoms with E-state index in [0.717, 1.165) is 10.5 Å². The summed E-state index contributed by atoms with van der Waals surface area (Å²) in [5, 5.41) is 5.24. The van der Waals surface area contributed by atoms with Crippen LogP contribution in [0.5, 0.6) is 5.75 Å². The minimum absolute atomic E-state index is 0.232. The molecule has 1 heterocycles. The van der Waals surface area contributed by atoms with Crippen LogP contribution in [0.1, 0.15) is 11.1 Å². The standard InChI is InChI=1S/C26H20ClN3O5/c1-16-8-10-19(11-9-16)28-23(31)15-35-21-7-2-4-17(12-21)13-22-24(32)29-26(34)30(25(22)33)20-6-3-5-18(27)14-20/h2-14H,15H2,1H3,(H,28,31)(H,29,32,34)/b22-13-. The SMILES string of the molecule is Cc1ccc(NC(=O)COc2cccc(/C=C3/C(=O)NC(=O)N(c4cccc(Cl)c4)C3=O)c2)cc1. The number of benzene rings is 3. The molecule has 0 saturated carbocycles. The third kappa shape index (κ3) is 5.74. The highest BCUT2D eigenvalue weighted by Gasteiger charge is 2.36. The molecule has 1 aliphatic heterocycles. The van der Waals surface area contributed by atoms with Crippen molar-refractivity contribution in [3.8, 4) is 5.75 Å². The number of halogens is 1. The molecule has 0 aliphatic carbocycles. The second-order valence-electron chi connectivity index (χ2n) is 7.71. The fraction of sp³-hybridized carbons (Fsp3) is 0.0769. The molecule has 1 fully saturated rings. The number of nitrogens with one attached hydrogen (secondary N) is 2. The Bertz CT molecular complexity index is 1350. The third-order valence-corrected chi connectivity index (χ3v) is 5.28. The van der Waals surface area contributed by atoms with Crippen LogP contribution in [0.25, 0.3) is 6.08 Å². The maximum absolute atomic E-state index is 13.0. The lowest BCUT2D eigenvalue weighted by molar-refractivity contribution is -0.122. The molecule has 2 N–H and O–H groups in total. The lowest BCUT2D eigenvalue weighted by Crippen LogP contribution is -2.54. The Morgan fingerprint density at radius 1 is 1.03 bits per heavy atom. The Balaban J connectivity index is 1.48. The van der Waals surface area contributed by atoms with Crippen LogP contribution in [0.2, 0.25) is 5.02 Å². The number of nitrogens with zero attached hydrogens (tertiary/aromatic N) is 1. The van der Waals surface area contributed by atoms with Gasteiger partial charge in [0.2, 0.25) is 0 Å². The molecule has 1 aliphatic rings. The van der Waals surface area contributed by atoms with Crippen LogP contribution in [0.4, 0.5) is 16.2 Å². The summed E-state index contributed by atoms with van der Waals surface area (Å²) < 4.78 is 5.56. The maximum Gasteiger partial charge on any atom is 0.335 e. The first kappa shape index (κ1) is 23.7. The number of aryl methyl sites for hydroxylation is 1. The molecule has 0 radical (unpaired) electrons. The van der Waals surface area contributed by atoms with Gasteiger partial charge in [0.05, 0.1) is 5.69 Å². The number of amides is 5. The average Bonchev–Trinajstić information content (AvgIpc) is 2.82. The van der Waals surface area contributed by atoms with E-state index < -0.39 is 17.8 Å². The highest BCUT2D eigenvalue weighted by atomic mass is 35.5. The molecule has 3 aromatic carbocycles. The van der Waals surface area contributed by atoms with Gasteiger partial charge in [-0.1, -0.05) is 47.5 Å². The number of ether oxygens (including phenoxy) is 1. The third-order valence-electron chi connectivity index (χ3n) is 5.04. The van der Waals surface area contributed by atoms with Gasteiger partial charge in [-0.3, -0.25) is 19.7 Å². The Hall–Kier alpha value is -4.43. The van der Waals surface area contributed by atoms with Crippen molar-refractivity contribution in [1.82, 2.24) is 5.32 Å². The van der Waals surface area contributed by atoms with Gasteiger partial charge in [0.15, 0.2) is 6.61 Å². The minimum Gasteiger partial charge on any atom is -0.484 e. The van der Waals surface area contributed by atoms with Crippen LogP contribution in [-0.4, -0.2) is 30.4 Å².